The number of carbonyl (C=O) groups excluding carboxylic acids is 1. The van der Waals surface area contributed by atoms with Crippen LogP contribution in [0.1, 0.15) is 25.8 Å². The number of benzene rings is 1. The van der Waals surface area contributed by atoms with Crippen LogP contribution in [0.2, 0.25) is 0 Å². The lowest BCUT2D eigenvalue weighted by molar-refractivity contribution is -0.121. The number of thioether (sulfide) groups is 1. The second-order valence-electron chi connectivity index (χ2n) is 6.65. The first-order valence-corrected chi connectivity index (χ1v) is 11.0. The zero-order valence-corrected chi connectivity index (χ0v) is 16.0. The van der Waals surface area contributed by atoms with E-state index in [1.54, 1.807) is 24.0 Å². The average molecular weight is 384 g/mol. The summed E-state index contributed by atoms with van der Waals surface area (Å²) in [6.45, 7) is 5.40. The highest BCUT2D eigenvalue weighted by Crippen LogP contribution is 2.41. The monoisotopic (exact) mass is 384 g/mol. The van der Waals surface area contributed by atoms with E-state index in [1.165, 1.54) is 17.8 Å². The minimum absolute atomic E-state index is 0.00327. The molecule has 2 fully saturated rings. The van der Waals surface area contributed by atoms with Gasteiger partial charge in [0.1, 0.15) is 5.82 Å². The molecule has 1 aromatic carbocycles. The Hall–Kier alpha value is -1.41. The number of hydrogen-bond acceptors (Lipinski definition) is 4. The minimum Gasteiger partial charge on any atom is -0.315 e. The Balaban J connectivity index is 2.02. The molecule has 8 heteroatoms. The first kappa shape index (κ1) is 18.4. The summed E-state index contributed by atoms with van der Waals surface area (Å²) >= 11 is 1.31. The molecule has 3 atom stereocenters. The number of sulfone groups is 1. The topological polar surface area (TPSA) is 66.8 Å². The Bertz CT molecular complexity index is 838. The minimum atomic E-state index is -3.13. The number of carbonyl (C=O) groups is 1. The van der Waals surface area contributed by atoms with E-state index in [4.69, 9.17) is 0 Å². The van der Waals surface area contributed by atoms with E-state index in [2.05, 4.69) is 4.99 Å². The van der Waals surface area contributed by atoms with Gasteiger partial charge in [-0.1, -0.05) is 31.7 Å². The Labute approximate surface area is 151 Å². The van der Waals surface area contributed by atoms with E-state index in [0.717, 1.165) is 0 Å². The lowest BCUT2D eigenvalue weighted by Gasteiger charge is -2.25. The van der Waals surface area contributed by atoms with Gasteiger partial charge in [0.25, 0.3) is 5.91 Å². The highest BCUT2D eigenvalue weighted by Gasteiger charge is 2.49. The first-order valence-electron chi connectivity index (χ1n) is 8.27. The fraction of sp³-hybridized carbons (Fsp3) is 0.529. The van der Waals surface area contributed by atoms with Gasteiger partial charge >= 0.3 is 0 Å². The molecule has 1 aromatic rings. The molecule has 1 amide bonds. The van der Waals surface area contributed by atoms with Gasteiger partial charge in [-0.3, -0.25) is 4.79 Å². The second kappa shape index (κ2) is 6.72. The van der Waals surface area contributed by atoms with E-state index in [1.807, 2.05) is 13.8 Å². The Morgan fingerprint density at radius 3 is 2.80 bits per heavy atom. The lowest BCUT2D eigenvalue weighted by atomic mass is 10.1. The highest BCUT2D eigenvalue weighted by atomic mass is 32.2. The van der Waals surface area contributed by atoms with Crippen molar-refractivity contribution in [2.75, 3.05) is 16.4 Å². The number of fused-ring (bicyclic) bond motifs is 1. The van der Waals surface area contributed by atoms with Crippen LogP contribution in [-0.2, 0) is 14.6 Å². The van der Waals surface area contributed by atoms with Crippen LogP contribution in [0.4, 0.5) is 10.1 Å². The molecule has 3 rings (SSSR count). The molecule has 0 bridgehead atoms. The molecule has 0 radical (unpaired) electrons. The van der Waals surface area contributed by atoms with E-state index in [0.29, 0.717) is 22.8 Å². The van der Waals surface area contributed by atoms with Crippen LogP contribution in [0, 0.1) is 18.7 Å². The average Bonchev–Trinajstić information content (AvgIpc) is 3.00. The van der Waals surface area contributed by atoms with Gasteiger partial charge in [0.2, 0.25) is 0 Å². The smallest absolute Gasteiger partial charge is 0.250 e. The van der Waals surface area contributed by atoms with Crippen LogP contribution in [0.3, 0.4) is 0 Å². The fourth-order valence-electron chi connectivity index (χ4n) is 2.98. The van der Waals surface area contributed by atoms with Crippen molar-refractivity contribution in [2.24, 2.45) is 10.9 Å². The zero-order valence-electron chi connectivity index (χ0n) is 14.4. The first-order chi connectivity index (χ1) is 11.7. The summed E-state index contributed by atoms with van der Waals surface area (Å²) in [7, 11) is -3.13. The fourth-order valence-corrected chi connectivity index (χ4v) is 6.90. The number of amidine groups is 1. The number of aliphatic imine (C=N–C) groups is 1. The number of amides is 1. The van der Waals surface area contributed by atoms with Gasteiger partial charge in [0.05, 0.1) is 17.5 Å². The molecule has 0 aliphatic carbocycles. The molecule has 2 aliphatic heterocycles. The van der Waals surface area contributed by atoms with Crippen LogP contribution in [0.25, 0.3) is 0 Å². The van der Waals surface area contributed by atoms with Crippen molar-refractivity contribution < 1.29 is 17.6 Å². The third kappa shape index (κ3) is 3.60. The number of anilines is 1. The normalized spacial score (nSPS) is 27.5. The SMILES string of the molecule is CC[C@H](C)C(=O)N=C1S[C@H]2CS(=O)(=O)C[C@H]2N1c1ccc(C)c(F)c1. The van der Waals surface area contributed by atoms with Gasteiger partial charge in [0.15, 0.2) is 15.0 Å². The molecule has 0 unspecified atom stereocenters. The zero-order chi connectivity index (χ0) is 18.4. The summed E-state index contributed by atoms with van der Waals surface area (Å²) in [5.41, 5.74) is 1.05. The molecule has 0 spiro atoms. The second-order valence-corrected chi connectivity index (χ2v) is 10.0. The molecule has 25 heavy (non-hydrogen) atoms. The maximum atomic E-state index is 14.0. The van der Waals surface area contributed by atoms with E-state index >= 15 is 0 Å². The van der Waals surface area contributed by atoms with Crippen molar-refractivity contribution >= 4 is 38.4 Å². The Morgan fingerprint density at radius 1 is 1.44 bits per heavy atom. The van der Waals surface area contributed by atoms with Crippen molar-refractivity contribution in [3.8, 4) is 0 Å². The third-order valence-electron chi connectivity index (χ3n) is 4.74. The number of nitrogens with zero attached hydrogens (tertiary/aromatic N) is 2. The Kier molecular flexibility index (Phi) is 4.94. The van der Waals surface area contributed by atoms with Crippen molar-refractivity contribution in [3.63, 3.8) is 0 Å². The summed E-state index contributed by atoms with van der Waals surface area (Å²) in [6, 6.07) is 4.46. The maximum Gasteiger partial charge on any atom is 0.250 e. The lowest BCUT2D eigenvalue weighted by Crippen LogP contribution is -2.38. The number of rotatable bonds is 3. The maximum absolute atomic E-state index is 14.0. The Morgan fingerprint density at radius 2 is 2.16 bits per heavy atom. The molecule has 2 saturated heterocycles. The summed E-state index contributed by atoms with van der Waals surface area (Å²) < 4.78 is 38.1. The number of halogens is 1. The van der Waals surface area contributed by atoms with Crippen LogP contribution in [0.15, 0.2) is 23.2 Å². The van der Waals surface area contributed by atoms with Crippen molar-refractivity contribution in [3.05, 3.63) is 29.6 Å². The van der Waals surface area contributed by atoms with Crippen molar-refractivity contribution in [1.82, 2.24) is 0 Å². The van der Waals surface area contributed by atoms with E-state index in [9.17, 15) is 17.6 Å². The van der Waals surface area contributed by atoms with Crippen LogP contribution < -0.4 is 4.90 Å². The molecule has 5 nitrogen and oxygen atoms in total. The number of aryl methyl sites for hydroxylation is 1. The number of hydrogen-bond donors (Lipinski definition) is 0. The van der Waals surface area contributed by atoms with E-state index < -0.39 is 9.84 Å². The third-order valence-corrected chi connectivity index (χ3v) is 7.95. The highest BCUT2D eigenvalue weighted by molar-refractivity contribution is 8.16. The van der Waals surface area contributed by atoms with E-state index in [-0.39, 0.29) is 40.4 Å². The van der Waals surface area contributed by atoms with Gasteiger partial charge in [-0.05, 0) is 31.0 Å². The predicted octanol–water partition coefficient (Wildman–Crippen LogP) is 2.78. The van der Waals surface area contributed by atoms with Crippen LogP contribution in [-0.4, -0.2) is 42.3 Å². The van der Waals surface area contributed by atoms with Crippen molar-refractivity contribution in [2.45, 2.75) is 38.5 Å². The van der Waals surface area contributed by atoms with Crippen molar-refractivity contribution in [1.29, 1.82) is 0 Å². The summed E-state index contributed by atoms with van der Waals surface area (Å²) in [4.78, 5) is 18.2. The molecule has 2 aliphatic rings. The largest absolute Gasteiger partial charge is 0.315 e. The molecular formula is C17H21FN2O3S2. The van der Waals surface area contributed by atoms with Crippen LogP contribution in [0.5, 0.6) is 0 Å². The summed E-state index contributed by atoms with van der Waals surface area (Å²) in [5.74, 6) is -0.737. The predicted molar refractivity (Wildman–Crippen MR) is 99.3 cm³/mol. The molecule has 0 N–H and O–H groups in total. The van der Waals surface area contributed by atoms with Gasteiger partial charge in [-0.15, -0.1) is 0 Å². The summed E-state index contributed by atoms with van der Waals surface area (Å²) in [5, 5.41) is 0.288. The van der Waals surface area contributed by atoms with Gasteiger partial charge in [-0.25, -0.2) is 12.8 Å². The molecule has 0 saturated carbocycles. The summed E-state index contributed by atoms with van der Waals surface area (Å²) in [6.07, 6.45) is 0.681. The van der Waals surface area contributed by atoms with Crippen LogP contribution >= 0.6 is 11.8 Å². The van der Waals surface area contributed by atoms with Gasteiger partial charge < -0.3 is 4.90 Å². The van der Waals surface area contributed by atoms with Gasteiger partial charge in [0, 0.05) is 16.9 Å². The quantitative estimate of drug-likeness (QED) is 0.802. The molecule has 0 aromatic heterocycles. The van der Waals surface area contributed by atoms with Gasteiger partial charge in [-0.2, -0.15) is 4.99 Å². The standard InChI is InChI=1S/C17H21FN2O3S2/c1-4-10(2)16(21)19-17-20(12-6-5-11(3)13(18)7-12)14-8-25(22,23)9-15(14)24-17/h5-7,10,14-15H,4,8-9H2,1-3H3/t10-,14+,15-/m0/s1. The molecular weight excluding hydrogens is 363 g/mol. The molecule has 136 valence electrons. The molecule has 2 heterocycles.